The first-order chi connectivity index (χ1) is 9.38. The van der Waals surface area contributed by atoms with E-state index in [1.165, 1.54) is 0 Å². The summed E-state index contributed by atoms with van der Waals surface area (Å²) in [6, 6.07) is 0. The quantitative estimate of drug-likeness (QED) is 0.198. The summed E-state index contributed by atoms with van der Waals surface area (Å²) < 4.78 is 0. The minimum Gasteiger partial charge on any atom is -0.402 e. The molecule has 0 atom stereocenters. The Labute approximate surface area is 118 Å². The van der Waals surface area contributed by atoms with Crippen LogP contribution in [0.15, 0.2) is 0 Å². The van der Waals surface area contributed by atoms with Gasteiger partial charge < -0.3 is 62.4 Å². The molecule has 0 saturated heterocycles. The Morgan fingerprint density at radius 1 is 0.476 bits per heavy atom. The minimum atomic E-state index is -2.17. The zero-order valence-corrected chi connectivity index (χ0v) is 10.3. The van der Waals surface area contributed by atoms with Crippen molar-refractivity contribution < 1.29 is 45.2 Å². The van der Waals surface area contributed by atoms with Crippen LogP contribution in [0, 0.1) is 0 Å². The van der Waals surface area contributed by atoms with Crippen LogP contribution in [0.5, 0.6) is 0 Å². The van der Waals surface area contributed by atoms with Crippen molar-refractivity contribution >= 4 is 39.8 Å². The normalized spacial score (nSPS) is 7.86. The Balaban J connectivity index is -0.000000230. The van der Waals surface area contributed by atoms with Crippen molar-refractivity contribution in [2.75, 3.05) is 17.2 Å². The van der Waals surface area contributed by atoms with E-state index < -0.39 is 22.0 Å². The lowest BCUT2D eigenvalue weighted by atomic mass is 10.3. The van der Waals surface area contributed by atoms with Crippen LogP contribution in [0.2, 0.25) is 0 Å². The van der Waals surface area contributed by atoms with Crippen LogP contribution in [0.25, 0.3) is 0 Å². The Morgan fingerprint density at radius 3 is 0.667 bits per heavy atom. The molecule has 15 nitrogen and oxygen atoms in total. The second-order valence-electron chi connectivity index (χ2n) is 2.45. The highest BCUT2D eigenvalue weighted by atomic mass is 16.5. The van der Waals surface area contributed by atoms with Gasteiger partial charge in [-0.25, -0.2) is 0 Å². The molecule has 18 heteroatoms. The van der Waals surface area contributed by atoms with Gasteiger partial charge in [-0.1, -0.05) is 0 Å². The fourth-order valence-electron chi connectivity index (χ4n) is 0.427. The van der Waals surface area contributed by atoms with Crippen molar-refractivity contribution in [3.05, 3.63) is 0 Å². The van der Waals surface area contributed by atoms with Gasteiger partial charge in [-0.15, -0.1) is 0 Å². The molecule has 0 aliphatic carbocycles. The third-order valence-corrected chi connectivity index (χ3v) is 0.687. The fraction of sp³-hybridized carbons (Fsp3) is 0. The first kappa shape index (κ1) is 24.3. The second kappa shape index (κ2) is 14.6. The molecule has 0 saturated carbocycles. The highest BCUT2D eigenvalue weighted by Gasteiger charge is 1.94. The third-order valence-electron chi connectivity index (χ3n) is 0.687. The van der Waals surface area contributed by atoms with Crippen LogP contribution in [-0.2, 0) is 0 Å². The molecule has 0 aromatic carbocycles. The van der Waals surface area contributed by atoms with Gasteiger partial charge in [-0.3, -0.25) is 0 Å². The molecule has 21 heavy (non-hydrogen) atoms. The minimum absolute atomic E-state index is 0.0417. The van der Waals surface area contributed by atoms with E-state index in [2.05, 4.69) is 15.0 Å². The van der Waals surface area contributed by atoms with Crippen molar-refractivity contribution in [1.82, 2.24) is 15.0 Å². The maximum absolute atomic E-state index is 7.17. The topological polar surface area (TPSA) is 299 Å². The molecule has 1 rings (SSSR count). The van der Waals surface area contributed by atoms with Gasteiger partial charge in [-0.2, -0.15) is 15.0 Å². The Morgan fingerprint density at radius 2 is 0.571 bits per heavy atom. The summed E-state index contributed by atoms with van der Waals surface area (Å²) >= 11 is 0. The number of nitrogens with zero attached hydrogens (tertiary/aromatic N) is 3. The molecule has 0 fully saturated rings. The predicted molar refractivity (Wildman–Crippen MR) is 70.3 cm³/mol. The molecule has 0 spiro atoms. The van der Waals surface area contributed by atoms with Gasteiger partial charge in [0, 0.05) is 0 Å². The number of nitrogens with two attached hydrogens (primary N) is 3. The number of anilines is 3. The highest BCUT2D eigenvalue weighted by Crippen LogP contribution is 1.97. The van der Waals surface area contributed by atoms with Gasteiger partial charge in [-0.05, 0) is 0 Å². The molecule has 0 radical (unpaired) electrons. The fourth-order valence-corrected chi connectivity index (χ4v) is 0.427. The van der Waals surface area contributed by atoms with E-state index in [1.807, 2.05) is 0 Å². The van der Waals surface area contributed by atoms with E-state index in [0.29, 0.717) is 0 Å². The van der Waals surface area contributed by atoms with Crippen LogP contribution in [0.1, 0.15) is 0 Å². The lowest BCUT2D eigenvalue weighted by Gasteiger charge is -1.93. The molecule has 0 aliphatic rings. The van der Waals surface area contributed by atoms with Gasteiger partial charge >= 0.3 is 22.0 Å². The third kappa shape index (κ3) is 45.9. The van der Waals surface area contributed by atoms with Gasteiger partial charge in [0.1, 0.15) is 0 Å². The van der Waals surface area contributed by atoms with E-state index in [0.717, 1.165) is 0 Å². The molecule has 1 heterocycles. The molecule has 120 valence electrons. The largest absolute Gasteiger partial charge is 0.631 e. The summed E-state index contributed by atoms with van der Waals surface area (Å²) in [5.41, 5.74) is 15.4. The standard InChI is InChI=1S/C3H6N6.3BH3O3/c4-1-7-2(5)9-3(6)8-1;3*2-1(3)4/h(H6,4,5,6,7,8,9);3*2-4H. The number of nitrogen functional groups attached to an aromatic ring is 3. The SMILES string of the molecule is Nc1nc(N)nc(N)n1.OB(O)O.OB(O)O.OB(O)O. The van der Waals surface area contributed by atoms with E-state index >= 15 is 0 Å². The number of aromatic nitrogens is 3. The molecule has 0 unspecified atom stereocenters. The summed E-state index contributed by atoms with van der Waals surface area (Å²) in [5.74, 6) is 0.125. The summed E-state index contributed by atoms with van der Waals surface area (Å²) in [5, 5.41) is 64.5. The zero-order chi connectivity index (χ0) is 17.6. The van der Waals surface area contributed by atoms with Gasteiger partial charge in [0.25, 0.3) is 0 Å². The Bertz CT molecular complexity index is 284. The summed E-state index contributed by atoms with van der Waals surface area (Å²) in [6.45, 7) is 0. The van der Waals surface area contributed by atoms with Gasteiger partial charge in [0.2, 0.25) is 17.8 Å². The van der Waals surface area contributed by atoms with Crippen molar-refractivity contribution in [2.24, 2.45) is 0 Å². The van der Waals surface area contributed by atoms with Gasteiger partial charge in [0.05, 0.1) is 0 Å². The molecule has 0 amide bonds. The number of rotatable bonds is 0. The number of hydrogen-bond donors (Lipinski definition) is 12. The van der Waals surface area contributed by atoms with E-state index in [1.54, 1.807) is 0 Å². The van der Waals surface area contributed by atoms with Crippen molar-refractivity contribution in [2.45, 2.75) is 0 Å². The van der Waals surface area contributed by atoms with Crippen molar-refractivity contribution in [1.29, 1.82) is 0 Å². The van der Waals surface area contributed by atoms with E-state index in [-0.39, 0.29) is 17.8 Å². The monoisotopic (exact) mass is 312 g/mol. The molecule has 0 aliphatic heterocycles. The maximum atomic E-state index is 7.17. The first-order valence-corrected chi connectivity index (χ1v) is 4.53. The van der Waals surface area contributed by atoms with Gasteiger partial charge in [0.15, 0.2) is 0 Å². The zero-order valence-electron chi connectivity index (χ0n) is 10.3. The van der Waals surface area contributed by atoms with Crippen molar-refractivity contribution in [3.63, 3.8) is 0 Å². The predicted octanol–water partition coefficient (Wildman–Crippen LogP) is -7.54. The average Bonchev–Trinajstić information content (AvgIpc) is 2.10. The summed E-state index contributed by atoms with van der Waals surface area (Å²) in [4.78, 5) is 10.5. The smallest absolute Gasteiger partial charge is 0.402 e. The lowest BCUT2D eigenvalue weighted by molar-refractivity contribution is 0.276. The molecule has 1 aromatic rings. The molecule has 1 aromatic heterocycles. The second-order valence-corrected chi connectivity index (χ2v) is 2.45. The number of hydrogen-bond acceptors (Lipinski definition) is 15. The summed E-state index contributed by atoms with van der Waals surface area (Å²) in [6.07, 6.45) is 0. The highest BCUT2D eigenvalue weighted by molar-refractivity contribution is 6.31. The molecular formula is C3H15B3N6O9. The van der Waals surface area contributed by atoms with Crippen LogP contribution >= 0.6 is 0 Å². The average molecular weight is 312 g/mol. The van der Waals surface area contributed by atoms with Crippen LogP contribution in [0.4, 0.5) is 17.8 Å². The van der Waals surface area contributed by atoms with E-state index in [4.69, 9.17) is 62.4 Å². The van der Waals surface area contributed by atoms with Crippen LogP contribution in [-0.4, -0.2) is 82.1 Å². The van der Waals surface area contributed by atoms with Crippen LogP contribution in [0.3, 0.4) is 0 Å². The lowest BCUT2D eigenvalue weighted by Crippen LogP contribution is -2.07. The van der Waals surface area contributed by atoms with E-state index in [9.17, 15) is 0 Å². The Hall–Kier alpha value is -1.76. The molecule has 0 bridgehead atoms. The Kier molecular flexibility index (Phi) is 16.9. The van der Waals surface area contributed by atoms with Crippen molar-refractivity contribution in [3.8, 4) is 0 Å². The summed E-state index contributed by atoms with van der Waals surface area (Å²) in [7, 11) is -6.50. The maximum Gasteiger partial charge on any atom is 0.631 e. The first-order valence-electron chi connectivity index (χ1n) is 4.53. The molecule has 15 N–H and O–H groups in total. The molecular weight excluding hydrogens is 297 g/mol. The van der Waals surface area contributed by atoms with Crippen LogP contribution < -0.4 is 17.2 Å².